The van der Waals surface area contributed by atoms with E-state index >= 15 is 0 Å². The molecule has 6 heteroatoms. The molecule has 1 amide bonds. The van der Waals surface area contributed by atoms with Crippen molar-refractivity contribution in [2.75, 3.05) is 13.2 Å². The van der Waals surface area contributed by atoms with Crippen LogP contribution in [0.4, 0.5) is 0 Å². The minimum absolute atomic E-state index is 0.0643. The average Bonchev–Trinajstić information content (AvgIpc) is 3.57. The predicted octanol–water partition coefficient (Wildman–Crippen LogP) is 11.4. The number of fused-ring (bicyclic) bond motifs is 5. The topological polar surface area (TPSA) is 66.0 Å². The van der Waals surface area contributed by atoms with Gasteiger partial charge in [-0.3, -0.25) is 4.79 Å². The number of amides is 1. The van der Waals surface area contributed by atoms with Crippen LogP contribution in [0.2, 0.25) is 0 Å². The summed E-state index contributed by atoms with van der Waals surface area (Å²) < 4.78 is 27.2. The van der Waals surface area contributed by atoms with E-state index in [0.717, 1.165) is 59.5 Å². The highest BCUT2D eigenvalue weighted by Crippen LogP contribution is 2.69. The van der Waals surface area contributed by atoms with Gasteiger partial charge in [-0.2, -0.15) is 0 Å². The van der Waals surface area contributed by atoms with Crippen LogP contribution in [0, 0.1) is 58.2 Å². The molecule has 14 atom stereocenters. The molecule has 6 nitrogen and oxygen atoms in total. The van der Waals surface area contributed by atoms with E-state index in [9.17, 15) is 4.79 Å². The summed E-state index contributed by atoms with van der Waals surface area (Å²) in [6, 6.07) is 20.2. The van der Waals surface area contributed by atoms with Crippen molar-refractivity contribution in [3.8, 4) is 0 Å². The third-order valence-corrected chi connectivity index (χ3v) is 16.6. The second-order valence-electron chi connectivity index (χ2n) is 20.4. The van der Waals surface area contributed by atoms with Crippen molar-refractivity contribution in [2.45, 2.75) is 162 Å². The van der Waals surface area contributed by atoms with E-state index in [4.69, 9.17) is 18.9 Å². The van der Waals surface area contributed by atoms with Gasteiger partial charge in [0.1, 0.15) is 18.3 Å². The van der Waals surface area contributed by atoms with Crippen molar-refractivity contribution < 1.29 is 23.7 Å². The molecule has 0 bridgehead atoms. The van der Waals surface area contributed by atoms with Crippen molar-refractivity contribution in [3.05, 3.63) is 84.4 Å². The van der Waals surface area contributed by atoms with Gasteiger partial charge in [0.15, 0.2) is 0 Å². The van der Waals surface area contributed by atoms with Gasteiger partial charge in [-0.1, -0.05) is 121 Å². The van der Waals surface area contributed by atoms with Gasteiger partial charge in [0.05, 0.1) is 38.6 Å². The van der Waals surface area contributed by atoms with Crippen LogP contribution in [0.5, 0.6) is 0 Å². The minimum Gasteiger partial charge on any atom is -0.375 e. The minimum atomic E-state index is -0.448. The third-order valence-electron chi connectivity index (χ3n) is 16.6. The Balaban J connectivity index is 1.10. The Bertz CT molecular complexity index is 1600. The summed E-state index contributed by atoms with van der Waals surface area (Å²) in [4.78, 5) is 13.1. The molecule has 1 N–H and O–H groups in total. The summed E-state index contributed by atoms with van der Waals surface area (Å²) in [6.45, 7) is 19.9. The Kier molecular flexibility index (Phi) is 14.6. The maximum Gasteiger partial charge on any atom is 0.217 e. The van der Waals surface area contributed by atoms with Gasteiger partial charge >= 0.3 is 0 Å². The highest BCUT2D eigenvalue weighted by molar-refractivity contribution is 5.73. The van der Waals surface area contributed by atoms with Gasteiger partial charge in [0, 0.05) is 6.92 Å². The summed E-state index contributed by atoms with van der Waals surface area (Å²) in [5.74, 6) is 6.02. The summed E-state index contributed by atoms with van der Waals surface area (Å²) >= 11 is 0. The summed E-state index contributed by atoms with van der Waals surface area (Å²) in [5, 5.41) is 3.39. The third kappa shape index (κ3) is 9.51. The number of hydrogen-bond acceptors (Lipinski definition) is 5. The van der Waals surface area contributed by atoms with Gasteiger partial charge in [0.25, 0.3) is 0 Å². The monoisotopic (exact) mass is 796 g/mol. The van der Waals surface area contributed by atoms with Crippen LogP contribution in [0.25, 0.3) is 0 Å². The lowest BCUT2D eigenvalue weighted by molar-refractivity contribution is -0.246. The van der Waals surface area contributed by atoms with Crippen molar-refractivity contribution in [3.63, 3.8) is 0 Å². The molecule has 7 rings (SSSR count). The maximum absolute atomic E-state index is 13.1. The van der Waals surface area contributed by atoms with Crippen LogP contribution < -0.4 is 5.32 Å². The predicted molar refractivity (Wildman–Crippen MR) is 234 cm³/mol. The zero-order valence-electron chi connectivity index (χ0n) is 36.9. The first-order chi connectivity index (χ1) is 28.0. The Morgan fingerprint density at radius 1 is 0.845 bits per heavy atom. The van der Waals surface area contributed by atoms with Crippen LogP contribution in [-0.4, -0.2) is 49.6 Å². The molecule has 58 heavy (non-hydrogen) atoms. The molecule has 0 radical (unpaired) electrons. The fraction of sp³-hybridized carbons (Fsp3) is 0.712. The number of benzene rings is 2. The van der Waals surface area contributed by atoms with Crippen LogP contribution >= 0.6 is 0 Å². The summed E-state index contributed by atoms with van der Waals surface area (Å²) in [5.41, 5.74) is 3.05. The molecule has 1 heterocycles. The zero-order valence-corrected chi connectivity index (χ0v) is 36.9. The van der Waals surface area contributed by atoms with E-state index in [1.165, 1.54) is 64.2 Å². The van der Waals surface area contributed by atoms with Crippen LogP contribution in [0.1, 0.15) is 130 Å². The van der Waals surface area contributed by atoms with Crippen LogP contribution in [-0.2, 0) is 37.0 Å². The van der Waals surface area contributed by atoms with E-state index in [1.807, 2.05) is 36.4 Å². The molecule has 2 aromatic rings. The molecule has 2 aromatic carbocycles. The second-order valence-corrected chi connectivity index (χ2v) is 20.4. The molecular formula is C52H77NO5. The van der Waals surface area contributed by atoms with E-state index in [2.05, 4.69) is 70.8 Å². The van der Waals surface area contributed by atoms with E-state index in [0.29, 0.717) is 49.1 Å². The molecule has 4 aliphatic carbocycles. The molecule has 4 saturated carbocycles. The first-order valence-corrected chi connectivity index (χ1v) is 23.4. The number of carbonyl (C=O) groups excluding carboxylic acids is 1. The normalized spacial score (nSPS) is 37.7. The van der Waals surface area contributed by atoms with Gasteiger partial charge in [-0.05, 0) is 127 Å². The molecular weight excluding hydrogens is 719 g/mol. The number of nitrogens with one attached hydrogen (secondary N) is 1. The molecule has 1 unspecified atom stereocenters. The lowest BCUT2D eigenvalue weighted by Crippen LogP contribution is -2.67. The van der Waals surface area contributed by atoms with E-state index in [-0.39, 0.29) is 24.2 Å². The van der Waals surface area contributed by atoms with Gasteiger partial charge in [-0.25, -0.2) is 0 Å². The molecule has 0 spiro atoms. The maximum atomic E-state index is 13.1. The first kappa shape index (κ1) is 43.6. The largest absolute Gasteiger partial charge is 0.375 e. The first-order valence-electron chi connectivity index (χ1n) is 23.4. The van der Waals surface area contributed by atoms with Crippen molar-refractivity contribution in [1.82, 2.24) is 5.32 Å². The number of carbonyl (C=O) groups is 1. The standard InChI is InChI=1S/C52H77NO5/c1-8-30-55-34-46-49(56-32-38-18-11-9-12-19-38)50(57-33-39-20-13-10-14-21-39)47(53-37(5)54)48(58-46)40-26-28-51(6)41(31-40)22-23-42-44-25-24-43(36(4)17-15-16-35(2)3)52(44,7)29-27-45(42)51/h8-14,18-21,35-36,40-50H,1,15-17,22-34H2,2-7H3,(H,53,54)/t36-,40+,41?,42+,43-,44+,45+,46-,47-,48-,49-,50-,51+,52-/m1/s1. The van der Waals surface area contributed by atoms with Gasteiger partial charge < -0.3 is 24.3 Å². The zero-order chi connectivity index (χ0) is 40.9. The highest BCUT2D eigenvalue weighted by Gasteiger charge is 2.61. The number of rotatable bonds is 17. The summed E-state index contributed by atoms with van der Waals surface area (Å²) in [6.07, 6.45) is 16.4. The molecule has 320 valence electrons. The average molecular weight is 796 g/mol. The lowest BCUT2D eigenvalue weighted by atomic mass is 9.43. The Hall–Kier alpha value is -2.51. The number of hydrogen-bond donors (Lipinski definition) is 1. The quantitative estimate of drug-likeness (QED) is 0.128. The van der Waals surface area contributed by atoms with E-state index < -0.39 is 12.2 Å². The van der Waals surface area contributed by atoms with Gasteiger partial charge in [-0.15, -0.1) is 6.58 Å². The lowest BCUT2D eigenvalue weighted by Gasteiger charge is -2.62. The van der Waals surface area contributed by atoms with Gasteiger partial charge in [0.2, 0.25) is 5.91 Å². The second kappa shape index (κ2) is 19.5. The van der Waals surface area contributed by atoms with Crippen LogP contribution in [0.3, 0.4) is 0 Å². The smallest absolute Gasteiger partial charge is 0.217 e. The molecule has 0 aromatic heterocycles. The Morgan fingerprint density at radius 2 is 1.50 bits per heavy atom. The SMILES string of the molecule is C=CCOC[C@H]1O[C@H]([C@H]2CC[C@@]3(C)C(CC[C@H]4[C@@H]5CC[C@H]([C@H](C)CCCC(C)C)[C@@]5(C)CC[C@@H]43)C2)[C@@H](NC(C)=O)[C@@H](OCc2ccccc2)[C@@H]1OCc1ccccc1. The molecule has 5 fully saturated rings. The Labute approximate surface area is 352 Å². The van der Waals surface area contributed by atoms with Crippen molar-refractivity contribution in [1.29, 1.82) is 0 Å². The Morgan fingerprint density at radius 3 is 2.16 bits per heavy atom. The van der Waals surface area contributed by atoms with Crippen molar-refractivity contribution in [2.24, 2.45) is 58.2 Å². The van der Waals surface area contributed by atoms with Crippen LogP contribution in [0.15, 0.2) is 73.3 Å². The fourth-order valence-electron chi connectivity index (χ4n) is 13.7. The molecule has 1 saturated heterocycles. The van der Waals surface area contributed by atoms with E-state index in [1.54, 1.807) is 13.0 Å². The highest BCUT2D eigenvalue weighted by atomic mass is 16.6. The summed E-state index contributed by atoms with van der Waals surface area (Å²) in [7, 11) is 0. The number of ether oxygens (including phenoxy) is 4. The fourth-order valence-corrected chi connectivity index (χ4v) is 13.7. The van der Waals surface area contributed by atoms with Crippen molar-refractivity contribution >= 4 is 5.91 Å². The molecule has 5 aliphatic rings. The molecule has 1 aliphatic heterocycles.